The Labute approximate surface area is 107 Å². The van der Waals surface area contributed by atoms with E-state index < -0.39 is 5.82 Å². The molecule has 0 aliphatic carbocycles. The van der Waals surface area contributed by atoms with Crippen LogP contribution >= 0.6 is 11.6 Å². The summed E-state index contributed by atoms with van der Waals surface area (Å²) < 4.78 is 15.5. The Hall–Kier alpha value is -2.14. The molecule has 90 valence electrons. The minimum absolute atomic E-state index is 0.0443. The molecule has 18 heavy (non-hydrogen) atoms. The summed E-state index contributed by atoms with van der Waals surface area (Å²) in [5.41, 5.74) is 7.38. The molecule has 0 amide bonds. The number of halogens is 2. The van der Waals surface area contributed by atoms with Crippen LogP contribution in [0, 0.1) is 5.82 Å². The van der Waals surface area contributed by atoms with E-state index in [1.165, 1.54) is 10.6 Å². The van der Waals surface area contributed by atoms with E-state index in [2.05, 4.69) is 9.97 Å². The average Bonchev–Trinajstić information content (AvgIpc) is 2.69. The van der Waals surface area contributed by atoms with Gasteiger partial charge in [-0.2, -0.15) is 0 Å². The highest BCUT2D eigenvalue weighted by molar-refractivity contribution is 6.30. The summed E-state index contributed by atoms with van der Waals surface area (Å²) >= 11 is 5.77. The van der Waals surface area contributed by atoms with E-state index >= 15 is 0 Å². The lowest BCUT2D eigenvalue weighted by Gasteiger charge is -2.08. The third-order valence-electron chi connectivity index (χ3n) is 2.65. The fourth-order valence-electron chi connectivity index (χ4n) is 1.87. The molecule has 1 aromatic carbocycles. The van der Waals surface area contributed by atoms with E-state index in [0.717, 1.165) is 0 Å². The number of nitrogens with two attached hydrogens (primary N) is 1. The first-order chi connectivity index (χ1) is 8.68. The van der Waals surface area contributed by atoms with Gasteiger partial charge in [0.05, 0.1) is 22.4 Å². The van der Waals surface area contributed by atoms with E-state index in [0.29, 0.717) is 11.0 Å². The van der Waals surface area contributed by atoms with Crippen LogP contribution < -0.4 is 5.73 Å². The summed E-state index contributed by atoms with van der Waals surface area (Å²) in [6.07, 6.45) is 3.17. The lowest BCUT2D eigenvalue weighted by molar-refractivity contribution is 0.620. The molecule has 0 unspecified atom stereocenters. The average molecular weight is 263 g/mol. The predicted molar refractivity (Wildman–Crippen MR) is 68.2 cm³/mol. The number of anilines is 1. The number of hydrogen-bond acceptors (Lipinski definition) is 3. The van der Waals surface area contributed by atoms with Crippen LogP contribution in [0.15, 0.2) is 36.7 Å². The lowest BCUT2D eigenvalue weighted by atomic mass is 10.3. The smallest absolute Gasteiger partial charge is 0.206 e. The molecule has 2 heterocycles. The van der Waals surface area contributed by atoms with E-state index in [-0.39, 0.29) is 16.7 Å². The zero-order chi connectivity index (χ0) is 12.7. The number of pyridine rings is 1. The van der Waals surface area contributed by atoms with Crippen LogP contribution in [-0.2, 0) is 0 Å². The zero-order valence-electron chi connectivity index (χ0n) is 9.14. The third-order valence-corrected chi connectivity index (χ3v) is 2.95. The van der Waals surface area contributed by atoms with E-state index in [1.54, 1.807) is 30.6 Å². The van der Waals surface area contributed by atoms with Gasteiger partial charge in [0.2, 0.25) is 5.95 Å². The van der Waals surface area contributed by atoms with E-state index in [9.17, 15) is 4.39 Å². The van der Waals surface area contributed by atoms with Gasteiger partial charge in [-0.15, -0.1) is 0 Å². The van der Waals surface area contributed by atoms with Crippen molar-refractivity contribution in [3.63, 3.8) is 0 Å². The molecule has 2 N–H and O–H groups in total. The van der Waals surface area contributed by atoms with Gasteiger partial charge in [0.15, 0.2) is 5.82 Å². The van der Waals surface area contributed by atoms with Gasteiger partial charge in [-0.3, -0.25) is 9.55 Å². The number of rotatable bonds is 1. The Kier molecular flexibility index (Phi) is 2.41. The Morgan fingerprint density at radius 3 is 2.94 bits per heavy atom. The second-order valence-corrected chi connectivity index (χ2v) is 4.15. The molecule has 0 radical (unpaired) electrons. The maximum atomic E-state index is 14.0. The molecule has 6 heteroatoms. The Bertz CT molecular complexity index is 738. The number of nitrogen functional groups attached to an aromatic ring is 1. The molecule has 0 aliphatic rings. The first-order valence-electron chi connectivity index (χ1n) is 5.21. The fraction of sp³-hybridized carbons (Fsp3) is 0. The number of aromatic nitrogens is 3. The first-order valence-corrected chi connectivity index (χ1v) is 5.58. The zero-order valence-corrected chi connectivity index (χ0v) is 9.89. The highest BCUT2D eigenvalue weighted by Crippen LogP contribution is 2.27. The van der Waals surface area contributed by atoms with Crippen molar-refractivity contribution < 1.29 is 4.39 Å². The standard InChI is InChI=1S/C12H8ClFN4/c13-7-2-1-3-10(11(7)14)18-9-4-5-16-6-8(9)17-12(18)15/h1-6H,(H2,15,17). The van der Waals surface area contributed by atoms with Crippen LogP contribution in [0.25, 0.3) is 16.7 Å². The van der Waals surface area contributed by atoms with Gasteiger partial charge in [0.1, 0.15) is 5.52 Å². The number of benzene rings is 1. The first kappa shape index (κ1) is 11.0. The Morgan fingerprint density at radius 2 is 2.11 bits per heavy atom. The van der Waals surface area contributed by atoms with Gasteiger partial charge < -0.3 is 5.73 Å². The van der Waals surface area contributed by atoms with Gasteiger partial charge in [-0.05, 0) is 18.2 Å². The molecule has 2 aromatic heterocycles. The molecule has 3 aromatic rings. The normalized spacial score (nSPS) is 11.0. The molecule has 0 bridgehead atoms. The maximum absolute atomic E-state index is 14.0. The minimum atomic E-state index is -0.526. The molecule has 0 spiro atoms. The van der Waals surface area contributed by atoms with Crippen molar-refractivity contribution in [2.24, 2.45) is 0 Å². The molecule has 0 saturated carbocycles. The van der Waals surface area contributed by atoms with E-state index in [1.807, 2.05) is 0 Å². The maximum Gasteiger partial charge on any atom is 0.206 e. The van der Waals surface area contributed by atoms with Gasteiger partial charge in [-0.25, -0.2) is 9.37 Å². The van der Waals surface area contributed by atoms with Crippen molar-refractivity contribution in [1.29, 1.82) is 0 Å². The minimum Gasteiger partial charge on any atom is -0.369 e. The number of hydrogen-bond donors (Lipinski definition) is 1. The van der Waals surface area contributed by atoms with E-state index in [4.69, 9.17) is 17.3 Å². The van der Waals surface area contributed by atoms with Crippen molar-refractivity contribution in [3.8, 4) is 5.69 Å². The molecular formula is C12H8ClFN4. The summed E-state index contributed by atoms with van der Waals surface area (Å²) in [6, 6.07) is 6.46. The van der Waals surface area contributed by atoms with Crippen LogP contribution in [0.4, 0.5) is 10.3 Å². The molecule has 0 aliphatic heterocycles. The van der Waals surface area contributed by atoms with Crippen LogP contribution in [0.2, 0.25) is 5.02 Å². The number of fused-ring (bicyclic) bond motifs is 1. The van der Waals surface area contributed by atoms with Crippen molar-refractivity contribution in [3.05, 3.63) is 47.5 Å². The summed E-state index contributed by atoms with van der Waals surface area (Å²) in [4.78, 5) is 8.08. The molecular weight excluding hydrogens is 255 g/mol. The van der Waals surface area contributed by atoms with Crippen molar-refractivity contribution in [2.75, 3.05) is 5.73 Å². The summed E-state index contributed by atoms with van der Waals surface area (Å²) in [7, 11) is 0. The van der Waals surface area contributed by atoms with Crippen molar-refractivity contribution >= 4 is 28.6 Å². The van der Waals surface area contributed by atoms with Gasteiger partial charge in [-0.1, -0.05) is 17.7 Å². The van der Waals surface area contributed by atoms with Gasteiger partial charge >= 0.3 is 0 Å². The molecule has 3 rings (SSSR count). The van der Waals surface area contributed by atoms with Gasteiger partial charge in [0, 0.05) is 6.20 Å². The molecule has 0 saturated heterocycles. The summed E-state index contributed by atoms with van der Waals surface area (Å²) in [6.45, 7) is 0. The Balaban J connectivity index is 2.38. The van der Waals surface area contributed by atoms with Crippen molar-refractivity contribution in [1.82, 2.24) is 14.5 Å². The van der Waals surface area contributed by atoms with Crippen LogP contribution in [-0.4, -0.2) is 14.5 Å². The summed E-state index contributed by atoms with van der Waals surface area (Å²) in [5.74, 6) is -0.332. The van der Waals surface area contributed by atoms with Crippen molar-refractivity contribution in [2.45, 2.75) is 0 Å². The molecule has 4 nitrogen and oxygen atoms in total. The second kappa shape index (κ2) is 3.96. The lowest BCUT2D eigenvalue weighted by Crippen LogP contribution is -2.03. The van der Waals surface area contributed by atoms with Crippen LogP contribution in [0.5, 0.6) is 0 Å². The highest BCUT2D eigenvalue weighted by Gasteiger charge is 2.14. The van der Waals surface area contributed by atoms with Crippen LogP contribution in [0.1, 0.15) is 0 Å². The third kappa shape index (κ3) is 1.52. The van der Waals surface area contributed by atoms with Crippen LogP contribution in [0.3, 0.4) is 0 Å². The number of nitrogens with zero attached hydrogens (tertiary/aromatic N) is 3. The largest absolute Gasteiger partial charge is 0.369 e. The second-order valence-electron chi connectivity index (χ2n) is 3.74. The SMILES string of the molecule is Nc1nc2cnccc2n1-c1cccc(Cl)c1F. The monoisotopic (exact) mass is 262 g/mol. The molecule has 0 atom stereocenters. The molecule has 0 fully saturated rings. The summed E-state index contributed by atoms with van der Waals surface area (Å²) in [5, 5.41) is 0.0443. The predicted octanol–water partition coefficient (Wildman–Crippen LogP) is 2.80. The Morgan fingerprint density at radius 1 is 1.28 bits per heavy atom. The number of imidazole rings is 1. The topological polar surface area (TPSA) is 56.7 Å². The van der Waals surface area contributed by atoms with Gasteiger partial charge in [0.25, 0.3) is 0 Å². The highest BCUT2D eigenvalue weighted by atomic mass is 35.5. The quantitative estimate of drug-likeness (QED) is 0.734. The fourth-order valence-corrected chi connectivity index (χ4v) is 2.04.